The van der Waals surface area contributed by atoms with Crippen molar-refractivity contribution in [1.29, 1.82) is 0 Å². The summed E-state index contributed by atoms with van der Waals surface area (Å²) in [5.41, 5.74) is 1.10. The first kappa shape index (κ1) is 34.0. The number of allylic oxidation sites excluding steroid dienone is 3. The molecule has 0 bridgehead atoms. The van der Waals surface area contributed by atoms with Gasteiger partial charge in [0.05, 0.1) is 17.3 Å². The first-order valence-corrected chi connectivity index (χ1v) is 13.6. The maximum absolute atomic E-state index is 14.9. The molecule has 0 radical (unpaired) electrons. The molecule has 244 valence electrons. The minimum absolute atomic E-state index is 0.00118. The van der Waals surface area contributed by atoms with Gasteiger partial charge in [-0.3, -0.25) is 24.0 Å². The van der Waals surface area contributed by atoms with Crippen molar-refractivity contribution in [3.63, 3.8) is 0 Å². The normalized spacial score (nSPS) is 15.6. The monoisotopic (exact) mass is 655 g/mol. The number of pyridine rings is 1. The van der Waals surface area contributed by atoms with Crippen LogP contribution in [0.2, 0.25) is 0 Å². The number of Topliss-reactive ketones (excluding diaryl/α,β-unsaturated/α-hetero) is 1. The second-order valence-electron chi connectivity index (χ2n) is 10.3. The van der Waals surface area contributed by atoms with Crippen molar-refractivity contribution in [2.45, 2.75) is 50.4 Å². The maximum Gasteiger partial charge on any atom is 0.435 e. The summed E-state index contributed by atoms with van der Waals surface area (Å²) < 4.78 is 112. The Labute approximate surface area is 256 Å². The lowest BCUT2D eigenvalue weighted by atomic mass is 9.91. The van der Waals surface area contributed by atoms with Crippen LogP contribution >= 0.6 is 0 Å². The van der Waals surface area contributed by atoms with Gasteiger partial charge in [-0.25, -0.2) is 13.2 Å². The van der Waals surface area contributed by atoms with Gasteiger partial charge < -0.3 is 11.1 Å². The molecule has 3 aromatic rings. The minimum Gasteiger partial charge on any atom is -0.369 e. The van der Waals surface area contributed by atoms with Crippen LogP contribution < -0.4 is 11.1 Å². The molecule has 2 amide bonds. The van der Waals surface area contributed by atoms with Gasteiger partial charge in [-0.1, -0.05) is 24.3 Å². The zero-order valence-electron chi connectivity index (χ0n) is 23.7. The first-order chi connectivity index (χ1) is 21.6. The fourth-order valence-corrected chi connectivity index (χ4v) is 5.07. The van der Waals surface area contributed by atoms with Gasteiger partial charge in [-0.2, -0.15) is 27.1 Å². The summed E-state index contributed by atoms with van der Waals surface area (Å²) >= 11 is 0. The molecule has 1 aliphatic carbocycles. The molecule has 2 heterocycles. The second-order valence-corrected chi connectivity index (χ2v) is 10.3. The van der Waals surface area contributed by atoms with Crippen molar-refractivity contribution in [3.05, 3.63) is 100 Å². The highest BCUT2D eigenvalue weighted by Gasteiger charge is 2.51. The molecular weight excluding hydrogens is 630 g/mol. The third kappa shape index (κ3) is 7.84. The Kier molecular flexibility index (Phi) is 10.1. The number of rotatable bonds is 11. The van der Waals surface area contributed by atoms with Crippen LogP contribution in [0.5, 0.6) is 0 Å². The number of alkyl halides is 6. The number of benzene rings is 1. The van der Waals surface area contributed by atoms with Gasteiger partial charge in [0.15, 0.2) is 11.5 Å². The first-order valence-electron chi connectivity index (χ1n) is 13.6. The Hall–Kier alpha value is -4.89. The number of amides is 2. The van der Waals surface area contributed by atoms with Crippen LogP contribution in [-0.4, -0.2) is 39.0 Å². The quantitative estimate of drug-likeness (QED) is 0.208. The summed E-state index contributed by atoms with van der Waals surface area (Å²) in [7, 11) is 0. The van der Waals surface area contributed by atoms with Crippen molar-refractivity contribution in [3.8, 4) is 0 Å². The Morgan fingerprint density at radius 2 is 1.85 bits per heavy atom. The van der Waals surface area contributed by atoms with Crippen molar-refractivity contribution in [1.82, 2.24) is 20.1 Å². The zero-order valence-corrected chi connectivity index (χ0v) is 23.7. The molecule has 16 heteroatoms. The molecule has 0 unspecified atom stereocenters. The molecule has 1 aromatic carbocycles. The lowest BCUT2D eigenvalue weighted by Crippen LogP contribution is -2.36. The molecule has 3 N–H and O–H groups in total. The molecule has 1 aliphatic rings. The predicted octanol–water partition coefficient (Wildman–Crippen LogP) is 5.53. The number of hydrogen-bond donors (Lipinski definition) is 2. The average molecular weight is 656 g/mol. The van der Waals surface area contributed by atoms with Crippen LogP contribution in [0.25, 0.3) is 5.57 Å². The van der Waals surface area contributed by atoms with Gasteiger partial charge in [0.25, 0.3) is 5.92 Å². The number of hydrogen-bond acceptors (Lipinski definition) is 5. The van der Waals surface area contributed by atoms with E-state index >= 15 is 0 Å². The SMILES string of the molecule is NC(=O)C/C=C(\C=C/CF)c1cccnc1[C@H](Cc1cc(F)cc(F)c1)NC(=O)Cn1nc(C(F)(F)F)c2c1C(F)(F)CCC2=O. The lowest BCUT2D eigenvalue weighted by molar-refractivity contribution is -0.142. The number of nitrogens with two attached hydrogens (primary N) is 1. The summed E-state index contributed by atoms with van der Waals surface area (Å²) in [6.45, 7) is -2.11. The molecular formula is C30H25F8N5O3. The smallest absolute Gasteiger partial charge is 0.369 e. The van der Waals surface area contributed by atoms with Crippen LogP contribution in [0.1, 0.15) is 63.9 Å². The van der Waals surface area contributed by atoms with Crippen LogP contribution in [0.3, 0.4) is 0 Å². The van der Waals surface area contributed by atoms with Crippen LogP contribution in [0.4, 0.5) is 35.1 Å². The second kappa shape index (κ2) is 13.6. The van der Waals surface area contributed by atoms with E-state index in [1.165, 1.54) is 30.5 Å². The highest BCUT2D eigenvalue weighted by atomic mass is 19.4. The van der Waals surface area contributed by atoms with Gasteiger partial charge in [0.2, 0.25) is 11.8 Å². The number of nitrogens with zero attached hydrogens (tertiary/aromatic N) is 3. The van der Waals surface area contributed by atoms with Crippen molar-refractivity contribution in [2.75, 3.05) is 6.67 Å². The van der Waals surface area contributed by atoms with E-state index in [0.717, 1.165) is 18.2 Å². The highest BCUT2D eigenvalue weighted by Crippen LogP contribution is 2.44. The number of carbonyl (C=O) groups excluding carboxylic acids is 3. The summed E-state index contributed by atoms with van der Waals surface area (Å²) in [6.07, 6.45) is -2.92. The number of primary amides is 1. The standard InChI is InChI=1S/C30H25F8N5O3/c31-9-1-3-17(5-6-23(39)45)20-4-2-10-40-26(20)21(13-16-11-18(32)14-19(33)12-16)41-24(46)15-43-28-25(27(42-43)30(36,37)38)22(44)7-8-29(28,34)35/h1-5,10-12,14,21H,6-9,13,15H2,(H2,39,45)(H,41,46)/b3-1-,17-5+/t21-/m0/s1. The fraction of sp³-hybridized carbons (Fsp3) is 0.300. The Bertz CT molecular complexity index is 1690. The number of fused-ring (bicyclic) bond motifs is 1. The number of aromatic nitrogens is 3. The van der Waals surface area contributed by atoms with E-state index in [4.69, 9.17) is 5.73 Å². The molecule has 0 spiro atoms. The fourth-order valence-electron chi connectivity index (χ4n) is 5.07. The summed E-state index contributed by atoms with van der Waals surface area (Å²) in [6, 6.07) is 4.09. The number of nitrogens with one attached hydrogen (secondary N) is 1. The number of carbonyl (C=O) groups is 3. The van der Waals surface area contributed by atoms with Crippen LogP contribution in [0.15, 0.2) is 54.8 Å². The third-order valence-corrected chi connectivity index (χ3v) is 6.89. The van der Waals surface area contributed by atoms with E-state index < -0.39 is 90.4 Å². The molecule has 1 atom stereocenters. The van der Waals surface area contributed by atoms with E-state index in [1.54, 1.807) is 0 Å². The van der Waals surface area contributed by atoms with E-state index in [2.05, 4.69) is 15.4 Å². The summed E-state index contributed by atoms with van der Waals surface area (Å²) in [4.78, 5) is 41.4. The Morgan fingerprint density at radius 3 is 2.48 bits per heavy atom. The molecule has 4 rings (SSSR count). The molecule has 0 saturated heterocycles. The zero-order chi connectivity index (χ0) is 33.8. The van der Waals surface area contributed by atoms with Gasteiger partial charge in [-0.05, 0) is 35.8 Å². The lowest BCUT2D eigenvalue weighted by Gasteiger charge is -2.24. The van der Waals surface area contributed by atoms with E-state index in [1.807, 2.05) is 0 Å². The summed E-state index contributed by atoms with van der Waals surface area (Å²) in [5.74, 6) is -8.98. The molecule has 0 saturated carbocycles. The Balaban J connectivity index is 1.79. The minimum atomic E-state index is -5.29. The Morgan fingerprint density at radius 1 is 1.15 bits per heavy atom. The van der Waals surface area contributed by atoms with E-state index in [0.29, 0.717) is 6.07 Å². The topological polar surface area (TPSA) is 120 Å². The predicted molar refractivity (Wildman–Crippen MR) is 147 cm³/mol. The van der Waals surface area contributed by atoms with E-state index in [-0.39, 0.29) is 39.9 Å². The van der Waals surface area contributed by atoms with Crippen molar-refractivity contribution in [2.24, 2.45) is 5.73 Å². The van der Waals surface area contributed by atoms with Gasteiger partial charge in [-0.15, -0.1) is 0 Å². The average Bonchev–Trinajstić information content (AvgIpc) is 3.36. The molecule has 8 nitrogen and oxygen atoms in total. The van der Waals surface area contributed by atoms with Crippen LogP contribution in [0, 0.1) is 11.6 Å². The van der Waals surface area contributed by atoms with Gasteiger partial charge in [0.1, 0.15) is 30.5 Å². The number of halogens is 8. The largest absolute Gasteiger partial charge is 0.435 e. The maximum atomic E-state index is 14.9. The van der Waals surface area contributed by atoms with Crippen molar-refractivity contribution >= 4 is 23.2 Å². The van der Waals surface area contributed by atoms with Crippen LogP contribution in [-0.2, 0) is 34.7 Å². The highest BCUT2D eigenvalue weighted by molar-refractivity contribution is 6.00. The van der Waals surface area contributed by atoms with Gasteiger partial charge in [0, 0.05) is 37.1 Å². The van der Waals surface area contributed by atoms with Crippen molar-refractivity contribution < 1.29 is 49.5 Å². The molecule has 0 fully saturated rings. The summed E-state index contributed by atoms with van der Waals surface area (Å²) in [5, 5.41) is 5.62. The molecule has 46 heavy (non-hydrogen) atoms. The van der Waals surface area contributed by atoms with Gasteiger partial charge >= 0.3 is 6.18 Å². The number of ketones is 1. The molecule has 2 aromatic heterocycles. The van der Waals surface area contributed by atoms with E-state index in [9.17, 15) is 49.5 Å². The third-order valence-electron chi connectivity index (χ3n) is 6.89. The molecule has 0 aliphatic heterocycles.